The lowest BCUT2D eigenvalue weighted by atomic mass is 10.1. The normalized spacial score (nSPS) is 15.1. The lowest BCUT2D eigenvalue weighted by Gasteiger charge is -2.22. The van der Waals surface area contributed by atoms with E-state index in [-0.39, 0.29) is 18.4 Å². The summed E-state index contributed by atoms with van der Waals surface area (Å²) in [4.78, 5) is 31.2. The average Bonchev–Trinajstić information content (AvgIpc) is 3.24. The fourth-order valence-corrected chi connectivity index (χ4v) is 4.35. The van der Waals surface area contributed by atoms with Gasteiger partial charge in [0.15, 0.2) is 5.13 Å². The highest BCUT2D eigenvalue weighted by atomic mass is 35.5. The number of carbonyl (C=O) groups excluding carboxylic acids is 2. The maximum absolute atomic E-state index is 12.9. The fourth-order valence-electron chi connectivity index (χ4n) is 3.46. The van der Waals surface area contributed by atoms with E-state index in [1.54, 1.807) is 29.6 Å². The third-order valence-electron chi connectivity index (χ3n) is 4.66. The molecule has 148 valence electrons. The zero-order valence-electron chi connectivity index (χ0n) is 15.7. The first-order chi connectivity index (χ1) is 14.0. The van der Waals surface area contributed by atoms with Gasteiger partial charge in [0.1, 0.15) is 0 Å². The predicted molar refractivity (Wildman–Crippen MR) is 117 cm³/mol. The molecule has 2 N–H and O–H groups in total. The van der Waals surface area contributed by atoms with Gasteiger partial charge in [0.2, 0.25) is 5.91 Å². The number of anilines is 3. The summed E-state index contributed by atoms with van der Waals surface area (Å²) < 4.78 is 0. The second-order valence-electron chi connectivity index (χ2n) is 6.86. The summed E-state index contributed by atoms with van der Waals surface area (Å²) in [5.41, 5.74) is 3.38. The number of para-hydroxylation sites is 1. The Bertz CT molecular complexity index is 1070. The van der Waals surface area contributed by atoms with Gasteiger partial charge in [0.05, 0.1) is 12.1 Å². The van der Waals surface area contributed by atoms with Crippen molar-refractivity contribution in [3.63, 3.8) is 0 Å². The molecule has 0 fully saturated rings. The molecule has 1 aliphatic heterocycles. The van der Waals surface area contributed by atoms with E-state index in [1.807, 2.05) is 30.0 Å². The number of amides is 3. The molecule has 0 bridgehead atoms. The number of nitrogens with zero attached hydrogens (tertiary/aromatic N) is 2. The first-order valence-corrected chi connectivity index (χ1v) is 10.4. The molecular weight excluding hydrogens is 408 g/mol. The standard InChI is InChI=1S/C21H19ClN4O2S/c1-13-9-14-5-2-3-8-18(14)26(13)19(27)11-17-12-29-21(24-17)25-20(28)23-16-7-4-6-15(22)10-16/h2-8,10,12-13H,9,11H2,1H3,(H2,23,24,25,28)/t13-/m1/s1. The molecule has 6 nitrogen and oxygen atoms in total. The second-order valence-corrected chi connectivity index (χ2v) is 8.15. The maximum Gasteiger partial charge on any atom is 0.325 e. The van der Waals surface area contributed by atoms with Crippen LogP contribution in [0.5, 0.6) is 0 Å². The molecular formula is C21H19ClN4O2S. The van der Waals surface area contributed by atoms with Crippen molar-refractivity contribution in [2.24, 2.45) is 0 Å². The summed E-state index contributed by atoms with van der Waals surface area (Å²) >= 11 is 7.20. The Morgan fingerprint density at radius 2 is 2.03 bits per heavy atom. The highest BCUT2D eigenvalue weighted by Gasteiger charge is 2.30. The number of hydrogen-bond acceptors (Lipinski definition) is 4. The minimum Gasteiger partial charge on any atom is -0.309 e. The van der Waals surface area contributed by atoms with Crippen molar-refractivity contribution in [1.29, 1.82) is 0 Å². The van der Waals surface area contributed by atoms with E-state index in [1.165, 1.54) is 16.9 Å². The van der Waals surface area contributed by atoms with E-state index >= 15 is 0 Å². The second kappa shape index (κ2) is 8.23. The minimum atomic E-state index is -0.415. The lowest BCUT2D eigenvalue weighted by molar-refractivity contribution is -0.118. The Morgan fingerprint density at radius 1 is 1.21 bits per heavy atom. The third-order valence-corrected chi connectivity index (χ3v) is 5.70. The number of thiazole rings is 1. The van der Waals surface area contributed by atoms with Crippen LogP contribution in [0.2, 0.25) is 5.02 Å². The minimum absolute atomic E-state index is 0.00248. The number of nitrogens with one attached hydrogen (secondary N) is 2. The average molecular weight is 427 g/mol. The highest BCUT2D eigenvalue weighted by molar-refractivity contribution is 7.14. The molecule has 1 atom stereocenters. The molecule has 3 aromatic rings. The van der Waals surface area contributed by atoms with Gasteiger partial charge in [-0.1, -0.05) is 35.9 Å². The van der Waals surface area contributed by atoms with E-state index in [9.17, 15) is 9.59 Å². The van der Waals surface area contributed by atoms with Crippen LogP contribution in [0.1, 0.15) is 18.2 Å². The molecule has 2 heterocycles. The van der Waals surface area contributed by atoms with E-state index < -0.39 is 6.03 Å². The number of rotatable bonds is 4. The van der Waals surface area contributed by atoms with Gasteiger partial charge in [-0.3, -0.25) is 10.1 Å². The molecule has 0 aliphatic carbocycles. The van der Waals surface area contributed by atoms with Crippen LogP contribution in [0.3, 0.4) is 0 Å². The van der Waals surface area contributed by atoms with Gasteiger partial charge in [0, 0.05) is 27.8 Å². The van der Waals surface area contributed by atoms with Gasteiger partial charge in [-0.15, -0.1) is 11.3 Å². The smallest absolute Gasteiger partial charge is 0.309 e. The van der Waals surface area contributed by atoms with Gasteiger partial charge < -0.3 is 10.2 Å². The zero-order chi connectivity index (χ0) is 20.4. The largest absolute Gasteiger partial charge is 0.325 e. The van der Waals surface area contributed by atoms with Crippen LogP contribution in [-0.2, 0) is 17.6 Å². The summed E-state index contributed by atoms with van der Waals surface area (Å²) in [5.74, 6) is 0.00248. The fraction of sp³-hybridized carbons (Fsp3) is 0.190. The number of aromatic nitrogens is 1. The monoisotopic (exact) mass is 426 g/mol. The number of halogens is 1. The summed E-state index contributed by atoms with van der Waals surface area (Å²) in [6.07, 6.45) is 1.04. The summed E-state index contributed by atoms with van der Waals surface area (Å²) in [6.45, 7) is 2.05. The van der Waals surface area contributed by atoms with Crippen LogP contribution < -0.4 is 15.5 Å². The molecule has 3 amide bonds. The van der Waals surface area contributed by atoms with E-state index in [0.29, 0.717) is 21.5 Å². The zero-order valence-corrected chi connectivity index (χ0v) is 17.3. The third kappa shape index (κ3) is 4.41. The summed E-state index contributed by atoms with van der Waals surface area (Å²) in [6, 6.07) is 14.6. The molecule has 29 heavy (non-hydrogen) atoms. The Hall–Kier alpha value is -2.90. The summed E-state index contributed by atoms with van der Waals surface area (Å²) in [5, 5.41) is 8.15. The van der Waals surface area contributed by atoms with Crippen LogP contribution in [0.15, 0.2) is 53.9 Å². The Kier molecular flexibility index (Phi) is 5.51. The van der Waals surface area contributed by atoms with E-state index in [2.05, 4.69) is 21.7 Å². The quantitative estimate of drug-likeness (QED) is 0.619. The van der Waals surface area contributed by atoms with Gasteiger partial charge in [-0.25, -0.2) is 9.78 Å². The van der Waals surface area contributed by atoms with Crippen LogP contribution in [0, 0.1) is 0 Å². The van der Waals surface area contributed by atoms with Crippen molar-refractivity contribution in [2.75, 3.05) is 15.5 Å². The SMILES string of the molecule is C[C@@H]1Cc2ccccc2N1C(=O)Cc1csc(NC(=O)Nc2cccc(Cl)c2)n1. The number of hydrogen-bond donors (Lipinski definition) is 2. The topological polar surface area (TPSA) is 74.3 Å². The van der Waals surface area contributed by atoms with Crippen molar-refractivity contribution >= 4 is 51.4 Å². The molecule has 8 heteroatoms. The predicted octanol–water partition coefficient (Wildman–Crippen LogP) is 4.96. The van der Waals surface area contributed by atoms with Crippen LogP contribution in [0.4, 0.5) is 21.3 Å². The van der Waals surface area contributed by atoms with Crippen LogP contribution in [0.25, 0.3) is 0 Å². The van der Waals surface area contributed by atoms with Crippen LogP contribution >= 0.6 is 22.9 Å². The molecule has 0 saturated carbocycles. The summed E-state index contributed by atoms with van der Waals surface area (Å²) in [7, 11) is 0. The molecule has 1 aliphatic rings. The van der Waals surface area contributed by atoms with Gasteiger partial charge in [-0.05, 0) is 43.2 Å². The Labute approximate surface area is 177 Å². The highest BCUT2D eigenvalue weighted by Crippen LogP contribution is 2.32. The number of benzene rings is 2. The first kappa shape index (κ1) is 19.4. The van der Waals surface area contributed by atoms with Crippen molar-refractivity contribution in [3.8, 4) is 0 Å². The number of urea groups is 1. The van der Waals surface area contributed by atoms with E-state index in [0.717, 1.165) is 12.1 Å². The molecule has 0 saturated heterocycles. The van der Waals surface area contributed by atoms with Crippen molar-refractivity contribution < 1.29 is 9.59 Å². The molecule has 0 radical (unpaired) electrons. The molecule has 1 aromatic heterocycles. The van der Waals surface area contributed by atoms with Gasteiger partial charge >= 0.3 is 6.03 Å². The Balaban J connectivity index is 1.38. The van der Waals surface area contributed by atoms with Crippen molar-refractivity contribution in [3.05, 3.63) is 70.2 Å². The molecule has 4 rings (SSSR count). The molecule has 0 unspecified atom stereocenters. The van der Waals surface area contributed by atoms with E-state index in [4.69, 9.17) is 11.6 Å². The lowest BCUT2D eigenvalue weighted by Crippen LogP contribution is -2.36. The molecule has 0 spiro atoms. The molecule has 2 aromatic carbocycles. The van der Waals surface area contributed by atoms with Crippen molar-refractivity contribution in [1.82, 2.24) is 4.98 Å². The Morgan fingerprint density at radius 3 is 2.86 bits per heavy atom. The van der Waals surface area contributed by atoms with Crippen LogP contribution in [-0.4, -0.2) is 23.0 Å². The van der Waals surface area contributed by atoms with Gasteiger partial charge in [-0.2, -0.15) is 0 Å². The van der Waals surface area contributed by atoms with Gasteiger partial charge in [0.25, 0.3) is 0 Å². The number of fused-ring (bicyclic) bond motifs is 1. The number of carbonyl (C=O) groups is 2. The first-order valence-electron chi connectivity index (χ1n) is 9.17. The maximum atomic E-state index is 12.9. The van der Waals surface area contributed by atoms with Crippen molar-refractivity contribution in [2.45, 2.75) is 25.8 Å².